The zero-order valence-corrected chi connectivity index (χ0v) is 15.9. The third-order valence-electron chi connectivity index (χ3n) is 5.05. The molecule has 0 spiro atoms. The quantitative estimate of drug-likeness (QED) is 0.655. The molecule has 2 nitrogen and oxygen atoms in total. The molecule has 0 N–H and O–H groups in total. The molecule has 0 saturated heterocycles. The molecule has 24 heavy (non-hydrogen) atoms. The summed E-state index contributed by atoms with van der Waals surface area (Å²) < 4.78 is 0. The number of anilines is 3. The summed E-state index contributed by atoms with van der Waals surface area (Å²) in [4.78, 5) is 4.93. The molecule has 0 radical (unpaired) electrons. The SMILES string of the molecule is CC(C)c1ccc(N2CN(C(C)C)c3ccc(C(C)C)cc32)cc1. The predicted octanol–water partition coefficient (Wildman–Crippen LogP) is 6.26. The third kappa shape index (κ3) is 3.02. The second-order valence-electron chi connectivity index (χ2n) is 7.78. The van der Waals surface area contributed by atoms with Gasteiger partial charge in [-0.3, -0.25) is 0 Å². The normalized spacial score (nSPS) is 14.2. The molecule has 2 heteroatoms. The maximum atomic E-state index is 2.48. The first-order valence-electron chi connectivity index (χ1n) is 9.16. The van der Waals surface area contributed by atoms with E-state index in [1.807, 2.05) is 0 Å². The molecule has 0 unspecified atom stereocenters. The van der Waals surface area contributed by atoms with Crippen LogP contribution in [0, 0.1) is 0 Å². The molecule has 3 rings (SSSR count). The first-order chi connectivity index (χ1) is 11.4. The van der Waals surface area contributed by atoms with Crippen molar-refractivity contribution in [2.75, 3.05) is 16.5 Å². The lowest BCUT2D eigenvalue weighted by atomic mass is 10.0. The maximum absolute atomic E-state index is 2.48. The van der Waals surface area contributed by atoms with Crippen LogP contribution in [-0.2, 0) is 0 Å². The van der Waals surface area contributed by atoms with Crippen molar-refractivity contribution in [1.82, 2.24) is 0 Å². The van der Waals surface area contributed by atoms with Gasteiger partial charge in [0.05, 0.1) is 18.0 Å². The van der Waals surface area contributed by atoms with Crippen molar-refractivity contribution in [2.24, 2.45) is 0 Å². The zero-order valence-electron chi connectivity index (χ0n) is 15.9. The van der Waals surface area contributed by atoms with E-state index in [-0.39, 0.29) is 0 Å². The van der Waals surface area contributed by atoms with Gasteiger partial charge in [-0.25, -0.2) is 0 Å². The molecule has 1 heterocycles. The molecule has 0 atom stereocenters. The minimum Gasteiger partial charge on any atom is -0.349 e. The Hall–Kier alpha value is -1.96. The summed E-state index contributed by atoms with van der Waals surface area (Å²) in [6.45, 7) is 14.5. The first kappa shape index (κ1) is 16.9. The smallest absolute Gasteiger partial charge is 0.0955 e. The van der Waals surface area contributed by atoms with E-state index in [0.29, 0.717) is 17.9 Å². The predicted molar refractivity (Wildman–Crippen MR) is 106 cm³/mol. The average molecular weight is 322 g/mol. The Kier molecular flexibility index (Phi) is 4.58. The van der Waals surface area contributed by atoms with Crippen LogP contribution < -0.4 is 9.80 Å². The summed E-state index contributed by atoms with van der Waals surface area (Å²) in [6, 6.07) is 16.5. The van der Waals surface area contributed by atoms with E-state index in [9.17, 15) is 0 Å². The fraction of sp³-hybridized carbons (Fsp3) is 0.455. The van der Waals surface area contributed by atoms with Gasteiger partial charge in [0.15, 0.2) is 0 Å². The monoisotopic (exact) mass is 322 g/mol. The maximum Gasteiger partial charge on any atom is 0.0955 e. The van der Waals surface area contributed by atoms with Gasteiger partial charge in [0.25, 0.3) is 0 Å². The summed E-state index contributed by atoms with van der Waals surface area (Å²) >= 11 is 0. The number of benzene rings is 2. The minimum atomic E-state index is 0.494. The molecule has 0 aliphatic carbocycles. The van der Waals surface area contributed by atoms with Crippen LogP contribution in [-0.4, -0.2) is 12.7 Å². The van der Waals surface area contributed by atoms with Crippen LogP contribution in [0.25, 0.3) is 0 Å². The molecule has 2 aromatic carbocycles. The number of hydrogen-bond acceptors (Lipinski definition) is 2. The van der Waals surface area contributed by atoms with E-state index >= 15 is 0 Å². The first-order valence-corrected chi connectivity index (χ1v) is 9.16. The van der Waals surface area contributed by atoms with Crippen LogP contribution in [0.1, 0.15) is 64.5 Å². The Morgan fingerprint density at radius 3 is 1.83 bits per heavy atom. The Morgan fingerprint density at radius 2 is 1.29 bits per heavy atom. The second kappa shape index (κ2) is 6.51. The number of fused-ring (bicyclic) bond motifs is 1. The van der Waals surface area contributed by atoms with Crippen molar-refractivity contribution in [1.29, 1.82) is 0 Å². The van der Waals surface area contributed by atoms with Gasteiger partial charge in [0.1, 0.15) is 0 Å². The Bertz CT molecular complexity index is 698. The summed E-state index contributed by atoms with van der Waals surface area (Å²) in [5.74, 6) is 1.12. The zero-order chi connectivity index (χ0) is 17.4. The van der Waals surface area contributed by atoms with Gasteiger partial charge >= 0.3 is 0 Å². The van der Waals surface area contributed by atoms with Crippen LogP contribution in [0.3, 0.4) is 0 Å². The van der Waals surface area contributed by atoms with Gasteiger partial charge in [-0.15, -0.1) is 0 Å². The van der Waals surface area contributed by atoms with Crippen molar-refractivity contribution in [3.63, 3.8) is 0 Å². The Morgan fingerprint density at radius 1 is 0.708 bits per heavy atom. The van der Waals surface area contributed by atoms with Crippen molar-refractivity contribution in [3.05, 3.63) is 53.6 Å². The fourth-order valence-corrected chi connectivity index (χ4v) is 3.36. The van der Waals surface area contributed by atoms with E-state index in [1.165, 1.54) is 28.2 Å². The third-order valence-corrected chi connectivity index (χ3v) is 5.05. The highest BCUT2D eigenvalue weighted by Gasteiger charge is 2.28. The molecular formula is C22H30N2. The summed E-state index contributed by atoms with van der Waals surface area (Å²) in [7, 11) is 0. The van der Waals surface area contributed by atoms with Gasteiger partial charge in [-0.1, -0.05) is 45.9 Å². The molecule has 0 amide bonds. The fourth-order valence-electron chi connectivity index (χ4n) is 3.36. The standard InChI is InChI=1S/C22H30N2/c1-15(2)18-7-10-20(11-8-18)24-14-23(17(5)6)21-12-9-19(16(3)4)13-22(21)24/h7-13,15-17H,14H2,1-6H3. The van der Waals surface area contributed by atoms with Gasteiger partial charge in [0.2, 0.25) is 0 Å². The molecule has 1 aliphatic rings. The number of rotatable bonds is 4. The van der Waals surface area contributed by atoms with Crippen LogP contribution in [0.2, 0.25) is 0 Å². The van der Waals surface area contributed by atoms with Crippen LogP contribution in [0.5, 0.6) is 0 Å². The Balaban J connectivity index is 2.02. The van der Waals surface area contributed by atoms with E-state index in [4.69, 9.17) is 0 Å². The molecule has 1 aliphatic heterocycles. The molecule has 2 aromatic rings. The topological polar surface area (TPSA) is 6.48 Å². The molecular weight excluding hydrogens is 292 g/mol. The van der Waals surface area contributed by atoms with E-state index in [1.54, 1.807) is 0 Å². The lowest BCUT2D eigenvalue weighted by molar-refractivity contribution is 0.709. The highest BCUT2D eigenvalue weighted by Crippen LogP contribution is 2.43. The molecule has 0 fully saturated rings. The van der Waals surface area contributed by atoms with Gasteiger partial charge in [-0.05, 0) is 61.1 Å². The van der Waals surface area contributed by atoms with Crippen molar-refractivity contribution >= 4 is 17.1 Å². The molecule has 0 aromatic heterocycles. The van der Waals surface area contributed by atoms with Crippen LogP contribution in [0.4, 0.5) is 17.1 Å². The summed E-state index contributed by atoms with van der Waals surface area (Å²) in [6.07, 6.45) is 0. The lowest BCUT2D eigenvalue weighted by Gasteiger charge is -2.25. The second-order valence-corrected chi connectivity index (χ2v) is 7.78. The molecule has 0 saturated carbocycles. The summed E-state index contributed by atoms with van der Waals surface area (Å²) in [5, 5.41) is 0. The van der Waals surface area contributed by atoms with Gasteiger partial charge < -0.3 is 9.80 Å². The van der Waals surface area contributed by atoms with Crippen molar-refractivity contribution in [3.8, 4) is 0 Å². The lowest BCUT2D eigenvalue weighted by Crippen LogP contribution is -2.33. The number of nitrogens with zero attached hydrogens (tertiary/aromatic N) is 2. The molecule has 128 valence electrons. The highest BCUT2D eigenvalue weighted by molar-refractivity contribution is 5.83. The van der Waals surface area contributed by atoms with Gasteiger partial charge in [-0.2, -0.15) is 0 Å². The highest BCUT2D eigenvalue weighted by atomic mass is 15.4. The van der Waals surface area contributed by atoms with Crippen LogP contribution in [0.15, 0.2) is 42.5 Å². The number of hydrogen-bond donors (Lipinski definition) is 0. The van der Waals surface area contributed by atoms with Crippen LogP contribution >= 0.6 is 0 Å². The van der Waals surface area contributed by atoms with E-state index in [0.717, 1.165) is 6.67 Å². The van der Waals surface area contributed by atoms with Crippen molar-refractivity contribution in [2.45, 2.75) is 59.4 Å². The Labute approximate surface area is 147 Å². The largest absolute Gasteiger partial charge is 0.349 e. The molecule has 0 bridgehead atoms. The minimum absolute atomic E-state index is 0.494. The van der Waals surface area contributed by atoms with E-state index < -0.39 is 0 Å². The van der Waals surface area contributed by atoms with Gasteiger partial charge in [0, 0.05) is 11.7 Å². The summed E-state index contributed by atoms with van der Waals surface area (Å²) in [5.41, 5.74) is 6.78. The van der Waals surface area contributed by atoms with Crippen molar-refractivity contribution < 1.29 is 0 Å². The average Bonchev–Trinajstić information content (AvgIpc) is 2.93. The van der Waals surface area contributed by atoms with E-state index in [2.05, 4.69) is 93.8 Å².